The Morgan fingerprint density at radius 1 is 1.53 bits per heavy atom. The van der Waals surface area contributed by atoms with Crippen LogP contribution in [-0.4, -0.2) is 40.7 Å². The number of amides is 1. The summed E-state index contributed by atoms with van der Waals surface area (Å²) in [6.07, 6.45) is 3.43. The molecule has 0 radical (unpaired) electrons. The number of carbonyl (C=O) groups is 1. The zero-order valence-corrected chi connectivity index (χ0v) is 11.3. The van der Waals surface area contributed by atoms with Gasteiger partial charge in [0, 0.05) is 30.4 Å². The Morgan fingerprint density at radius 2 is 2.21 bits per heavy atom. The minimum absolute atomic E-state index is 0.0634. The van der Waals surface area contributed by atoms with E-state index in [4.69, 9.17) is 10.8 Å². The summed E-state index contributed by atoms with van der Waals surface area (Å²) in [5.74, 6) is 0. The van der Waals surface area contributed by atoms with Crippen LogP contribution in [0.4, 0.5) is 4.79 Å². The van der Waals surface area contributed by atoms with Crippen LogP contribution in [0.25, 0.3) is 0 Å². The Kier molecular flexibility index (Phi) is 4.04. The van der Waals surface area contributed by atoms with Gasteiger partial charge in [-0.1, -0.05) is 6.07 Å². The van der Waals surface area contributed by atoms with Crippen LogP contribution in [0.1, 0.15) is 30.5 Å². The Morgan fingerprint density at radius 3 is 2.74 bits per heavy atom. The molecule has 1 aromatic heterocycles. The molecule has 1 aliphatic heterocycles. The van der Waals surface area contributed by atoms with Crippen LogP contribution in [-0.2, 0) is 5.41 Å². The summed E-state index contributed by atoms with van der Waals surface area (Å²) < 4.78 is 0. The molecule has 5 heteroatoms. The molecule has 1 saturated heterocycles. The van der Waals surface area contributed by atoms with Gasteiger partial charge in [0.2, 0.25) is 0 Å². The topological polar surface area (TPSA) is 79.5 Å². The summed E-state index contributed by atoms with van der Waals surface area (Å²) in [6.45, 7) is 3.78. The highest BCUT2D eigenvalue weighted by molar-refractivity contribution is 5.65. The average Bonchev–Trinajstić information content (AvgIpc) is 2.40. The summed E-state index contributed by atoms with van der Waals surface area (Å²) in [7, 11) is 0. The van der Waals surface area contributed by atoms with Crippen molar-refractivity contribution in [1.82, 2.24) is 9.88 Å². The maximum Gasteiger partial charge on any atom is 0.407 e. The standard InChI is InChI=1S/C14H21N3O2/c1-11-3-2-8-16-12(11)14(4-7-15)5-9-17(10-6-14)13(18)19/h2-3,8H,4-7,9-10,15H2,1H3,(H,18,19). The molecule has 2 rings (SSSR count). The van der Waals surface area contributed by atoms with E-state index in [9.17, 15) is 4.79 Å². The molecule has 5 nitrogen and oxygen atoms in total. The smallest absolute Gasteiger partial charge is 0.407 e. The number of carboxylic acid groups (broad SMARTS) is 1. The van der Waals surface area contributed by atoms with Crippen molar-refractivity contribution in [3.63, 3.8) is 0 Å². The van der Waals surface area contributed by atoms with Crippen LogP contribution < -0.4 is 5.73 Å². The van der Waals surface area contributed by atoms with Gasteiger partial charge in [0.15, 0.2) is 0 Å². The Labute approximate surface area is 113 Å². The molecule has 0 spiro atoms. The summed E-state index contributed by atoms with van der Waals surface area (Å²) in [6, 6.07) is 3.99. The van der Waals surface area contributed by atoms with Crippen LogP contribution in [0.3, 0.4) is 0 Å². The largest absolute Gasteiger partial charge is 0.465 e. The number of nitrogens with zero attached hydrogens (tertiary/aromatic N) is 2. The molecule has 1 aromatic rings. The van der Waals surface area contributed by atoms with Crippen LogP contribution in [0.15, 0.2) is 18.3 Å². The monoisotopic (exact) mass is 263 g/mol. The molecule has 3 N–H and O–H groups in total. The number of nitrogens with two attached hydrogens (primary N) is 1. The highest BCUT2D eigenvalue weighted by Gasteiger charge is 2.38. The molecule has 1 amide bonds. The lowest BCUT2D eigenvalue weighted by molar-refractivity contribution is 0.113. The van der Waals surface area contributed by atoms with Crippen molar-refractivity contribution >= 4 is 6.09 Å². The number of hydrogen-bond acceptors (Lipinski definition) is 3. The first-order valence-electron chi connectivity index (χ1n) is 6.69. The minimum atomic E-state index is -0.834. The quantitative estimate of drug-likeness (QED) is 0.870. The molecule has 19 heavy (non-hydrogen) atoms. The molecular formula is C14H21N3O2. The lowest BCUT2D eigenvalue weighted by atomic mass is 9.71. The second-order valence-electron chi connectivity index (χ2n) is 5.26. The first-order valence-corrected chi connectivity index (χ1v) is 6.69. The van der Waals surface area contributed by atoms with Gasteiger partial charge >= 0.3 is 6.09 Å². The number of likely N-dealkylation sites (tertiary alicyclic amines) is 1. The molecule has 0 aromatic carbocycles. The van der Waals surface area contributed by atoms with Gasteiger partial charge in [0.1, 0.15) is 0 Å². The van der Waals surface area contributed by atoms with Crippen molar-refractivity contribution in [3.05, 3.63) is 29.6 Å². The van der Waals surface area contributed by atoms with Gasteiger partial charge in [0.25, 0.3) is 0 Å². The summed E-state index contributed by atoms with van der Waals surface area (Å²) >= 11 is 0. The maximum absolute atomic E-state index is 11.0. The number of hydrogen-bond donors (Lipinski definition) is 2. The summed E-state index contributed by atoms with van der Waals surface area (Å²) in [5, 5.41) is 9.05. The predicted molar refractivity (Wildman–Crippen MR) is 73.2 cm³/mol. The average molecular weight is 263 g/mol. The van der Waals surface area contributed by atoms with Crippen molar-refractivity contribution in [1.29, 1.82) is 0 Å². The second kappa shape index (κ2) is 5.57. The van der Waals surface area contributed by atoms with Crippen LogP contribution in [0, 0.1) is 6.92 Å². The van der Waals surface area contributed by atoms with E-state index in [1.54, 1.807) is 0 Å². The lowest BCUT2D eigenvalue weighted by Crippen LogP contribution is -2.46. The predicted octanol–water partition coefficient (Wildman–Crippen LogP) is 1.75. The van der Waals surface area contributed by atoms with Crippen LogP contribution in [0.5, 0.6) is 0 Å². The van der Waals surface area contributed by atoms with Crippen LogP contribution >= 0.6 is 0 Å². The lowest BCUT2D eigenvalue weighted by Gasteiger charge is -2.41. The SMILES string of the molecule is Cc1cccnc1C1(CCN)CCN(C(=O)O)CC1. The van der Waals surface area contributed by atoms with E-state index in [-0.39, 0.29) is 5.41 Å². The first kappa shape index (κ1) is 13.8. The van der Waals surface area contributed by atoms with Gasteiger partial charge in [-0.15, -0.1) is 0 Å². The van der Waals surface area contributed by atoms with Gasteiger partial charge < -0.3 is 15.7 Å². The fraction of sp³-hybridized carbons (Fsp3) is 0.571. The van der Waals surface area contributed by atoms with E-state index in [0.29, 0.717) is 19.6 Å². The fourth-order valence-electron chi connectivity index (χ4n) is 3.05. The van der Waals surface area contributed by atoms with Gasteiger partial charge in [-0.05, 0) is 44.4 Å². The number of rotatable bonds is 3. The van der Waals surface area contributed by atoms with Crippen molar-refractivity contribution in [3.8, 4) is 0 Å². The highest BCUT2D eigenvalue weighted by atomic mass is 16.4. The number of aromatic nitrogens is 1. The van der Waals surface area contributed by atoms with Crippen molar-refractivity contribution in [2.45, 2.75) is 31.6 Å². The molecule has 0 aliphatic carbocycles. The second-order valence-corrected chi connectivity index (χ2v) is 5.26. The zero-order valence-electron chi connectivity index (χ0n) is 11.3. The molecule has 1 aliphatic rings. The van der Waals surface area contributed by atoms with E-state index in [1.807, 2.05) is 12.3 Å². The van der Waals surface area contributed by atoms with Gasteiger partial charge in [-0.2, -0.15) is 0 Å². The molecular weight excluding hydrogens is 242 g/mol. The maximum atomic E-state index is 11.0. The van der Waals surface area contributed by atoms with E-state index in [1.165, 1.54) is 10.5 Å². The third kappa shape index (κ3) is 2.71. The number of aryl methyl sites for hydroxylation is 1. The molecule has 0 saturated carbocycles. The Balaban J connectivity index is 2.26. The van der Waals surface area contributed by atoms with Crippen molar-refractivity contribution in [2.75, 3.05) is 19.6 Å². The van der Waals surface area contributed by atoms with Crippen molar-refractivity contribution < 1.29 is 9.90 Å². The third-order valence-electron chi connectivity index (χ3n) is 4.13. The molecule has 0 bridgehead atoms. The Hall–Kier alpha value is -1.62. The number of pyridine rings is 1. The van der Waals surface area contributed by atoms with Crippen LogP contribution in [0.2, 0.25) is 0 Å². The normalized spacial score (nSPS) is 18.3. The minimum Gasteiger partial charge on any atom is -0.465 e. The molecule has 2 heterocycles. The van der Waals surface area contributed by atoms with Gasteiger partial charge in [-0.25, -0.2) is 4.79 Å². The molecule has 0 atom stereocenters. The Bertz CT molecular complexity index is 454. The van der Waals surface area contributed by atoms with Crippen molar-refractivity contribution in [2.24, 2.45) is 5.73 Å². The molecule has 1 fully saturated rings. The van der Waals surface area contributed by atoms with E-state index in [0.717, 1.165) is 25.0 Å². The third-order valence-corrected chi connectivity index (χ3v) is 4.13. The van der Waals surface area contributed by atoms with Gasteiger partial charge in [0.05, 0.1) is 0 Å². The molecule has 0 unspecified atom stereocenters. The summed E-state index contributed by atoms with van der Waals surface area (Å²) in [4.78, 5) is 17.0. The van der Waals surface area contributed by atoms with E-state index in [2.05, 4.69) is 18.0 Å². The fourth-order valence-corrected chi connectivity index (χ4v) is 3.05. The van der Waals surface area contributed by atoms with Gasteiger partial charge in [-0.3, -0.25) is 4.98 Å². The van der Waals surface area contributed by atoms with E-state index >= 15 is 0 Å². The summed E-state index contributed by atoms with van der Waals surface area (Å²) in [5.41, 5.74) is 7.96. The van der Waals surface area contributed by atoms with E-state index < -0.39 is 6.09 Å². The first-order chi connectivity index (χ1) is 9.09. The highest BCUT2D eigenvalue weighted by Crippen LogP contribution is 2.38. The molecule has 104 valence electrons. The zero-order chi connectivity index (χ0) is 13.9. The number of piperidine rings is 1.